The summed E-state index contributed by atoms with van der Waals surface area (Å²) in [7, 11) is 0. The van der Waals surface area contributed by atoms with Crippen molar-refractivity contribution < 1.29 is 14.3 Å². The van der Waals surface area contributed by atoms with Gasteiger partial charge in [0.2, 0.25) is 5.91 Å². The molecule has 0 saturated carbocycles. The van der Waals surface area contributed by atoms with Gasteiger partial charge in [0.25, 0.3) is 0 Å². The number of carbonyl (C=O) groups excluding carboxylic acids is 2. The summed E-state index contributed by atoms with van der Waals surface area (Å²) < 4.78 is 5.74. The first-order valence-corrected chi connectivity index (χ1v) is 15.0. The molecule has 1 aliphatic rings. The Hall–Kier alpha value is -3.60. The molecular formula is C36H46N2O3. The average molecular weight is 555 g/mol. The summed E-state index contributed by atoms with van der Waals surface area (Å²) in [6.07, 6.45) is 1.20. The first kappa shape index (κ1) is 30.4. The minimum absolute atomic E-state index is 0.00462. The van der Waals surface area contributed by atoms with E-state index in [-0.39, 0.29) is 29.9 Å². The lowest BCUT2D eigenvalue weighted by molar-refractivity contribution is -0.141. The first-order valence-electron chi connectivity index (χ1n) is 15.0. The van der Waals surface area contributed by atoms with Crippen LogP contribution in [0.1, 0.15) is 75.6 Å². The molecule has 1 saturated heterocycles. The van der Waals surface area contributed by atoms with Crippen LogP contribution in [0.3, 0.4) is 0 Å². The van der Waals surface area contributed by atoms with Gasteiger partial charge in [0.1, 0.15) is 5.60 Å². The third-order valence-corrected chi connectivity index (χ3v) is 8.47. The Morgan fingerprint density at radius 3 is 2.34 bits per heavy atom. The number of aryl methyl sites for hydroxylation is 1. The number of hydrogen-bond acceptors (Lipinski definition) is 3. The fourth-order valence-electron chi connectivity index (χ4n) is 5.72. The van der Waals surface area contributed by atoms with Gasteiger partial charge < -0.3 is 14.5 Å². The van der Waals surface area contributed by atoms with Crippen molar-refractivity contribution in [1.82, 2.24) is 9.80 Å². The standard InChI is InChI=1S/C36H46N2O3/c1-8-26(3)38(23-31-19-12-14-25(2)27(31)4)34(39)33-24-37(35(40)41-36(5,6)7)21-20-32(33)30-18-13-17-29(22-30)28-15-10-9-11-16-28/h9-19,22,26,32-33H,8,20-21,23-24H2,1-7H3/t26?,32-,33+/m1/s1. The number of rotatable bonds is 7. The summed E-state index contributed by atoms with van der Waals surface area (Å²) in [6.45, 7) is 15.6. The van der Waals surface area contributed by atoms with Gasteiger partial charge in [-0.25, -0.2) is 4.79 Å². The van der Waals surface area contributed by atoms with E-state index in [4.69, 9.17) is 4.74 Å². The molecule has 1 heterocycles. The maximum Gasteiger partial charge on any atom is 0.410 e. The van der Waals surface area contributed by atoms with Crippen LogP contribution in [0.2, 0.25) is 0 Å². The second kappa shape index (κ2) is 12.9. The van der Waals surface area contributed by atoms with Crippen molar-refractivity contribution in [3.05, 3.63) is 95.1 Å². The molecule has 0 spiro atoms. The van der Waals surface area contributed by atoms with Crippen molar-refractivity contribution in [3.63, 3.8) is 0 Å². The summed E-state index contributed by atoms with van der Waals surface area (Å²) in [5.41, 5.74) is 6.45. The highest BCUT2D eigenvalue weighted by Gasteiger charge is 2.41. The van der Waals surface area contributed by atoms with Gasteiger partial charge in [-0.1, -0.05) is 79.7 Å². The van der Waals surface area contributed by atoms with Gasteiger partial charge in [0, 0.05) is 25.7 Å². The molecule has 218 valence electrons. The molecule has 0 radical (unpaired) electrons. The van der Waals surface area contributed by atoms with Crippen LogP contribution in [0, 0.1) is 19.8 Å². The zero-order valence-corrected chi connectivity index (χ0v) is 25.8. The van der Waals surface area contributed by atoms with Crippen LogP contribution < -0.4 is 0 Å². The fourth-order valence-corrected chi connectivity index (χ4v) is 5.72. The maximum absolute atomic E-state index is 14.6. The highest BCUT2D eigenvalue weighted by molar-refractivity contribution is 5.82. The van der Waals surface area contributed by atoms with Gasteiger partial charge in [-0.3, -0.25) is 4.79 Å². The highest BCUT2D eigenvalue weighted by Crippen LogP contribution is 2.37. The summed E-state index contributed by atoms with van der Waals surface area (Å²) >= 11 is 0. The van der Waals surface area contributed by atoms with E-state index in [0.717, 1.165) is 23.1 Å². The van der Waals surface area contributed by atoms with Gasteiger partial charge in [-0.15, -0.1) is 0 Å². The summed E-state index contributed by atoms with van der Waals surface area (Å²) in [5, 5.41) is 0. The van der Waals surface area contributed by atoms with E-state index in [9.17, 15) is 9.59 Å². The lowest BCUT2D eigenvalue weighted by Gasteiger charge is -2.42. The second-order valence-corrected chi connectivity index (χ2v) is 12.5. The van der Waals surface area contributed by atoms with Crippen LogP contribution in [0.4, 0.5) is 4.79 Å². The van der Waals surface area contributed by atoms with Crippen molar-refractivity contribution in [3.8, 4) is 11.1 Å². The van der Waals surface area contributed by atoms with Gasteiger partial charge in [0.15, 0.2) is 0 Å². The van der Waals surface area contributed by atoms with Crippen molar-refractivity contribution in [1.29, 1.82) is 0 Å². The van der Waals surface area contributed by atoms with Crippen LogP contribution in [0.15, 0.2) is 72.8 Å². The molecule has 0 aromatic heterocycles. The van der Waals surface area contributed by atoms with Crippen molar-refractivity contribution in [2.75, 3.05) is 13.1 Å². The quantitative estimate of drug-likeness (QED) is 0.296. The molecule has 1 fully saturated rings. The molecule has 4 rings (SSSR count). The Bertz CT molecular complexity index is 1340. The number of carbonyl (C=O) groups is 2. The molecule has 1 aliphatic heterocycles. The molecule has 5 heteroatoms. The van der Waals surface area contributed by atoms with Gasteiger partial charge >= 0.3 is 6.09 Å². The smallest absolute Gasteiger partial charge is 0.410 e. The average Bonchev–Trinajstić information content (AvgIpc) is 2.96. The third kappa shape index (κ3) is 7.38. The van der Waals surface area contributed by atoms with Gasteiger partial charge in [-0.2, -0.15) is 0 Å². The monoisotopic (exact) mass is 554 g/mol. The summed E-state index contributed by atoms with van der Waals surface area (Å²) in [6, 6.07) is 25.3. The molecule has 5 nitrogen and oxygen atoms in total. The molecule has 0 N–H and O–H groups in total. The Kier molecular flexibility index (Phi) is 9.57. The van der Waals surface area contributed by atoms with Crippen molar-refractivity contribution >= 4 is 12.0 Å². The molecular weight excluding hydrogens is 508 g/mol. The number of ether oxygens (including phenoxy) is 1. The van der Waals surface area contributed by atoms with Crippen LogP contribution >= 0.6 is 0 Å². The van der Waals surface area contributed by atoms with E-state index < -0.39 is 5.60 Å². The Morgan fingerprint density at radius 2 is 1.66 bits per heavy atom. The maximum atomic E-state index is 14.6. The third-order valence-electron chi connectivity index (χ3n) is 8.47. The highest BCUT2D eigenvalue weighted by atomic mass is 16.6. The topological polar surface area (TPSA) is 49.9 Å². The minimum Gasteiger partial charge on any atom is -0.444 e. The molecule has 0 bridgehead atoms. The Labute approximate surface area is 246 Å². The van der Waals surface area contributed by atoms with Crippen molar-refractivity contribution in [2.24, 2.45) is 5.92 Å². The molecule has 3 aromatic rings. The Morgan fingerprint density at radius 1 is 0.976 bits per heavy atom. The molecule has 3 aromatic carbocycles. The predicted molar refractivity (Wildman–Crippen MR) is 167 cm³/mol. The minimum atomic E-state index is -0.594. The zero-order chi connectivity index (χ0) is 29.7. The molecule has 41 heavy (non-hydrogen) atoms. The number of nitrogens with zero attached hydrogens (tertiary/aromatic N) is 2. The lowest BCUT2D eigenvalue weighted by atomic mass is 9.78. The van der Waals surface area contributed by atoms with Crippen LogP contribution in [-0.2, 0) is 16.1 Å². The Balaban J connectivity index is 1.71. The van der Waals surface area contributed by atoms with E-state index in [1.54, 1.807) is 4.90 Å². The normalized spacial score (nSPS) is 18.1. The molecule has 0 aliphatic carbocycles. The second-order valence-electron chi connectivity index (χ2n) is 12.5. The van der Waals surface area contributed by atoms with Gasteiger partial charge in [0.05, 0.1) is 5.92 Å². The van der Waals surface area contributed by atoms with Gasteiger partial charge in [-0.05, 0) is 93.7 Å². The van der Waals surface area contributed by atoms with Crippen molar-refractivity contribution in [2.45, 2.75) is 85.4 Å². The number of amides is 2. The van der Waals surface area contributed by atoms with Crippen LogP contribution in [0.25, 0.3) is 11.1 Å². The first-order chi connectivity index (χ1) is 19.5. The van der Waals surface area contributed by atoms with Crippen LogP contribution in [-0.4, -0.2) is 46.5 Å². The van der Waals surface area contributed by atoms with E-state index in [0.29, 0.717) is 26.1 Å². The van der Waals surface area contributed by atoms with E-state index in [1.165, 1.54) is 16.7 Å². The molecule has 2 amide bonds. The molecule has 1 unspecified atom stereocenters. The number of hydrogen-bond donors (Lipinski definition) is 0. The number of benzene rings is 3. The number of likely N-dealkylation sites (tertiary alicyclic amines) is 1. The number of piperidine rings is 1. The molecule has 3 atom stereocenters. The van der Waals surface area contributed by atoms with E-state index >= 15 is 0 Å². The fraction of sp³-hybridized carbons (Fsp3) is 0.444. The SMILES string of the molecule is CCC(C)N(Cc1cccc(C)c1C)C(=O)[C@H]1CN(C(=O)OC(C)(C)C)CC[C@@H]1c1cccc(-c2ccccc2)c1. The van der Waals surface area contributed by atoms with E-state index in [1.807, 2.05) is 43.9 Å². The predicted octanol–water partition coefficient (Wildman–Crippen LogP) is 8.14. The summed E-state index contributed by atoms with van der Waals surface area (Å²) in [4.78, 5) is 31.6. The zero-order valence-electron chi connectivity index (χ0n) is 25.8. The summed E-state index contributed by atoms with van der Waals surface area (Å²) in [5.74, 6) is -0.278. The van der Waals surface area contributed by atoms with E-state index in [2.05, 4.69) is 82.3 Å². The van der Waals surface area contributed by atoms with Crippen LogP contribution in [0.5, 0.6) is 0 Å². The lowest BCUT2D eigenvalue weighted by Crippen LogP contribution is -2.52. The largest absolute Gasteiger partial charge is 0.444 e.